The van der Waals surface area contributed by atoms with Gasteiger partial charge in [0.2, 0.25) is 0 Å². The van der Waals surface area contributed by atoms with E-state index in [1.54, 1.807) is 0 Å². The molecule has 1 nitrogen and oxygen atoms in total. The van der Waals surface area contributed by atoms with E-state index in [4.69, 9.17) is 4.74 Å². The smallest absolute Gasteiger partial charge is 0.119 e. The summed E-state index contributed by atoms with van der Waals surface area (Å²) in [6, 6.07) is 10.1. The van der Waals surface area contributed by atoms with Gasteiger partial charge in [-0.05, 0) is 30.4 Å². The van der Waals surface area contributed by atoms with Crippen LogP contribution in [0.15, 0.2) is 30.3 Å². The van der Waals surface area contributed by atoms with Crippen LogP contribution in [0.1, 0.15) is 72.1 Å². The molecular weight excluding hydrogens is 256 g/mol. The quantitative estimate of drug-likeness (QED) is 0.400. The second-order valence-electron chi connectivity index (χ2n) is 6.61. The fourth-order valence-electron chi connectivity index (χ4n) is 2.72. The molecule has 21 heavy (non-hydrogen) atoms. The fourth-order valence-corrected chi connectivity index (χ4v) is 2.72. The van der Waals surface area contributed by atoms with Crippen molar-refractivity contribution < 1.29 is 4.74 Å². The van der Waals surface area contributed by atoms with Crippen molar-refractivity contribution in [2.75, 3.05) is 6.61 Å². The molecular formula is C20H34O. The van der Waals surface area contributed by atoms with Crippen LogP contribution in [0, 0.1) is 11.8 Å². The molecule has 0 radical (unpaired) electrons. The van der Waals surface area contributed by atoms with E-state index in [0.717, 1.165) is 18.3 Å². The molecule has 0 fully saturated rings. The number of unbranched alkanes of at least 4 members (excludes halogenated alkanes) is 3. The summed E-state index contributed by atoms with van der Waals surface area (Å²) >= 11 is 0. The number of rotatable bonds is 12. The largest absolute Gasteiger partial charge is 0.493 e. The van der Waals surface area contributed by atoms with Gasteiger partial charge in [0.15, 0.2) is 0 Å². The molecule has 0 aromatic heterocycles. The highest BCUT2D eigenvalue weighted by Gasteiger charge is 2.06. The predicted molar refractivity (Wildman–Crippen MR) is 92.9 cm³/mol. The Labute approximate surface area is 132 Å². The highest BCUT2D eigenvalue weighted by atomic mass is 16.5. The van der Waals surface area contributed by atoms with Gasteiger partial charge in [-0.2, -0.15) is 0 Å². The number of ether oxygens (including phenoxy) is 1. The van der Waals surface area contributed by atoms with Gasteiger partial charge in [0.25, 0.3) is 0 Å². The zero-order valence-electron chi connectivity index (χ0n) is 14.3. The molecule has 2 atom stereocenters. The average molecular weight is 290 g/mol. The third-order valence-corrected chi connectivity index (χ3v) is 4.22. The Bertz CT molecular complexity index is 333. The van der Waals surface area contributed by atoms with E-state index < -0.39 is 0 Å². The van der Waals surface area contributed by atoms with E-state index in [2.05, 4.69) is 20.8 Å². The summed E-state index contributed by atoms with van der Waals surface area (Å²) in [6.07, 6.45) is 11.0. The van der Waals surface area contributed by atoms with Crippen molar-refractivity contribution in [1.82, 2.24) is 0 Å². The van der Waals surface area contributed by atoms with E-state index >= 15 is 0 Å². The molecule has 0 spiro atoms. The summed E-state index contributed by atoms with van der Waals surface area (Å²) in [5.41, 5.74) is 0. The van der Waals surface area contributed by atoms with E-state index in [-0.39, 0.29) is 0 Å². The molecule has 0 bridgehead atoms. The number of benzene rings is 1. The Morgan fingerprint density at radius 3 is 2.19 bits per heavy atom. The van der Waals surface area contributed by atoms with Crippen LogP contribution in [-0.2, 0) is 0 Å². The van der Waals surface area contributed by atoms with Crippen LogP contribution in [0.2, 0.25) is 0 Å². The Morgan fingerprint density at radius 2 is 1.48 bits per heavy atom. The van der Waals surface area contributed by atoms with Crippen molar-refractivity contribution in [3.8, 4) is 5.75 Å². The van der Waals surface area contributed by atoms with Crippen LogP contribution in [0.4, 0.5) is 0 Å². The predicted octanol–water partition coefficient (Wildman–Crippen LogP) is 6.48. The molecule has 0 N–H and O–H groups in total. The van der Waals surface area contributed by atoms with Gasteiger partial charge in [0.05, 0.1) is 6.61 Å². The molecule has 120 valence electrons. The Kier molecular flexibility index (Phi) is 10.0. The van der Waals surface area contributed by atoms with Gasteiger partial charge >= 0.3 is 0 Å². The molecule has 0 heterocycles. The molecule has 0 saturated heterocycles. The van der Waals surface area contributed by atoms with Crippen molar-refractivity contribution in [2.24, 2.45) is 11.8 Å². The lowest BCUT2D eigenvalue weighted by molar-refractivity contribution is 0.246. The van der Waals surface area contributed by atoms with Crippen molar-refractivity contribution >= 4 is 0 Å². The minimum Gasteiger partial charge on any atom is -0.493 e. The Hall–Kier alpha value is -0.980. The summed E-state index contributed by atoms with van der Waals surface area (Å²) in [4.78, 5) is 0. The molecule has 1 heteroatoms. The van der Waals surface area contributed by atoms with Crippen LogP contribution >= 0.6 is 0 Å². The number of para-hydroxylation sites is 1. The van der Waals surface area contributed by atoms with Gasteiger partial charge in [0, 0.05) is 0 Å². The minimum atomic E-state index is 0.650. The van der Waals surface area contributed by atoms with Crippen molar-refractivity contribution in [3.05, 3.63) is 30.3 Å². The van der Waals surface area contributed by atoms with E-state index in [1.807, 2.05) is 30.3 Å². The third-order valence-electron chi connectivity index (χ3n) is 4.22. The molecule has 0 amide bonds. The van der Waals surface area contributed by atoms with Crippen LogP contribution in [0.3, 0.4) is 0 Å². The van der Waals surface area contributed by atoms with E-state index in [0.29, 0.717) is 5.92 Å². The lowest BCUT2D eigenvalue weighted by Crippen LogP contribution is -2.09. The second-order valence-corrected chi connectivity index (χ2v) is 6.61. The molecule has 0 aliphatic carbocycles. The van der Waals surface area contributed by atoms with Crippen molar-refractivity contribution in [1.29, 1.82) is 0 Å². The lowest BCUT2D eigenvalue weighted by atomic mass is 9.95. The average Bonchev–Trinajstić information content (AvgIpc) is 2.50. The van der Waals surface area contributed by atoms with Gasteiger partial charge < -0.3 is 4.74 Å². The first kappa shape index (κ1) is 18.1. The first-order valence-corrected chi connectivity index (χ1v) is 8.90. The topological polar surface area (TPSA) is 9.23 Å². The summed E-state index contributed by atoms with van der Waals surface area (Å²) in [7, 11) is 0. The third kappa shape index (κ3) is 9.55. The lowest BCUT2D eigenvalue weighted by Gasteiger charge is -2.15. The molecule has 1 aromatic carbocycles. The maximum absolute atomic E-state index is 5.82. The SMILES string of the molecule is CCCCCCC(C)CCCC(C)COc1ccccc1. The van der Waals surface area contributed by atoms with Gasteiger partial charge in [0.1, 0.15) is 5.75 Å². The Balaban J connectivity index is 2.01. The van der Waals surface area contributed by atoms with E-state index in [9.17, 15) is 0 Å². The van der Waals surface area contributed by atoms with Gasteiger partial charge in [-0.3, -0.25) is 0 Å². The van der Waals surface area contributed by atoms with Gasteiger partial charge in [-0.15, -0.1) is 0 Å². The maximum atomic E-state index is 5.82. The summed E-state index contributed by atoms with van der Waals surface area (Å²) in [5.74, 6) is 2.54. The minimum absolute atomic E-state index is 0.650. The van der Waals surface area contributed by atoms with Crippen LogP contribution < -0.4 is 4.74 Å². The molecule has 0 aliphatic rings. The summed E-state index contributed by atoms with van der Waals surface area (Å²) in [6.45, 7) is 7.84. The van der Waals surface area contributed by atoms with Crippen molar-refractivity contribution in [2.45, 2.75) is 72.1 Å². The summed E-state index contributed by atoms with van der Waals surface area (Å²) < 4.78 is 5.82. The first-order chi connectivity index (χ1) is 10.2. The maximum Gasteiger partial charge on any atom is 0.119 e. The highest BCUT2D eigenvalue weighted by molar-refractivity contribution is 5.20. The van der Waals surface area contributed by atoms with Gasteiger partial charge in [-0.1, -0.05) is 83.9 Å². The standard InChI is InChI=1S/C20H34O/c1-4-5-6-8-12-18(2)13-11-14-19(3)17-21-20-15-9-7-10-16-20/h7,9-10,15-16,18-19H,4-6,8,11-14,17H2,1-3H3. The van der Waals surface area contributed by atoms with Crippen LogP contribution in [0.5, 0.6) is 5.75 Å². The first-order valence-electron chi connectivity index (χ1n) is 8.90. The van der Waals surface area contributed by atoms with Crippen LogP contribution in [0.25, 0.3) is 0 Å². The Morgan fingerprint density at radius 1 is 0.810 bits per heavy atom. The van der Waals surface area contributed by atoms with Gasteiger partial charge in [-0.25, -0.2) is 0 Å². The van der Waals surface area contributed by atoms with Crippen molar-refractivity contribution in [3.63, 3.8) is 0 Å². The zero-order chi connectivity index (χ0) is 15.3. The summed E-state index contributed by atoms with van der Waals surface area (Å²) in [5, 5.41) is 0. The second kappa shape index (κ2) is 11.7. The van der Waals surface area contributed by atoms with Crippen LogP contribution in [-0.4, -0.2) is 6.61 Å². The zero-order valence-corrected chi connectivity index (χ0v) is 14.3. The normalized spacial score (nSPS) is 13.9. The molecule has 2 unspecified atom stereocenters. The molecule has 0 saturated carbocycles. The fraction of sp³-hybridized carbons (Fsp3) is 0.700. The molecule has 1 aromatic rings. The highest BCUT2D eigenvalue weighted by Crippen LogP contribution is 2.19. The molecule has 0 aliphatic heterocycles. The monoisotopic (exact) mass is 290 g/mol. The number of hydrogen-bond donors (Lipinski definition) is 0. The van der Waals surface area contributed by atoms with E-state index in [1.165, 1.54) is 51.4 Å². The molecule has 1 rings (SSSR count). The number of hydrogen-bond acceptors (Lipinski definition) is 1.